The first-order valence-electron chi connectivity index (χ1n) is 8.77. The summed E-state index contributed by atoms with van der Waals surface area (Å²) in [5.41, 5.74) is 2.58. The average molecular weight is 344 g/mol. The molecule has 0 amide bonds. The Labute approximate surface area is 146 Å². The highest BCUT2D eigenvalue weighted by Crippen LogP contribution is 2.28. The second-order valence-corrected chi connectivity index (χ2v) is 7.08. The molecule has 0 aliphatic carbocycles. The lowest BCUT2D eigenvalue weighted by molar-refractivity contribution is -0.153. The highest BCUT2D eigenvalue weighted by Gasteiger charge is 2.48. The summed E-state index contributed by atoms with van der Waals surface area (Å²) in [5.74, 6) is -0.751. The van der Waals surface area contributed by atoms with Gasteiger partial charge >= 0.3 is 5.97 Å². The fourth-order valence-corrected chi connectivity index (χ4v) is 3.98. The quantitative estimate of drug-likeness (QED) is 0.890. The lowest BCUT2D eigenvalue weighted by atomic mass is 9.95. The Hall–Kier alpha value is -1.96. The molecule has 1 aromatic carbocycles. The lowest BCUT2D eigenvalue weighted by Crippen LogP contribution is -2.61. The molecular weight excluding hydrogens is 320 g/mol. The zero-order valence-electron chi connectivity index (χ0n) is 14.5. The maximum absolute atomic E-state index is 11.8. The maximum Gasteiger partial charge on any atom is 0.326 e. The third kappa shape index (κ3) is 2.92. The molecule has 2 fully saturated rings. The van der Waals surface area contributed by atoms with Crippen LogP contribution in [0.4, 0.5) is 0 Å². The van der Waals surface area contributed by atoms with Gasteiger partial charge in [-0.1, -0.05) is 6.07 Å². The summed E-state index contributed by atoms with van der Waals surface area (Å²) in [6, 6.07) is 6.41. The Morgan fingerprint density at radius 1 is 1.32 bits per heavy atom. The van der Waals surface area contributed by atoms with Crippen LogP contribution >= 0.6 is 0 Å². The van der Waals surface area contributed by atoms with E-state index in [1.165, 1.54) is 5.56 Å². The molecule has 1 N–H and O–H groups in total. The third-order valence-electron chi connectivity index (χ3n) is 5.57. The van der Waals surface area contributed by atoms with Gasteiger partial charge in [0.2, 0.25) is 0 Å². The first-order chi connectivity index (χ1) is 12.1. The molecular formula is C18H24N4O3. The van der Waals surface area contributed by atoms with Crippen molar-refractivity contribution in [2.24, 2.45) is 7.05 Å². The molecule has 2 saturated heterocycles. The number of benzene rings is 1. The van der Waals surface area contributed by atoms with Gasteiger partial charge in [0.25, 0.3) is 0 Å². The number of aliphatic carboxylic acids is 1. The molecule has 134 valence electrons. The monoisotopic (exact) mass is 344 g/mol. The highest BCUT2D eigenvalue weighted by atomic mass is 16.5. The van der Waals surface area contributed by atoms with Gasteiger partial charge in [-0.25, -0.2) is 4.98 Å². The van der Waals surface area contributed by atoms with Crippen molar-refractivity contribution in [3.05, 3.63) is 30.1 Å². The molecule has 1 atom stereocenters. The number of ether oxygens (including phenoxy) is 1. The Morgan fingerprint density at radius 3 is 2.80 bits per heavy atom. The van der Waals surface area contributed by atoms with Crippen molar-refractivity contribution < 1.29 is 14.6 Å². The van der Waals surface area contributed by atoms with Crippen LogP contribution in [0.2, 0.25) is 0 Å². The number of hydrogen-bond acceptors (Lipinski definition) is 5. The number of aromatic nitrogens is 2. The van der Waals surface area contributed by atoms with Gasteiger partial charge in [0, 0.05) is 52.8 Å². The van der Waals surface area contributed by atoms with E-state index < -0.39 is 11.5 Å². The number of hydrogen-bond donors (Lipinski definition) is 1. The number of aryl methyl sites for hydroxylation is 1. The van der Waals surface area contributed by atoms with Gasteiger partial charge in [0.15, 0.2) is 0 Å². The normalized spacial score (nSPS) is 25.6. The predicted molar refractivity (Wildman–Crippen MR) is 93.4 cm³/mol. The largest absolute Gasteiger partial charge is 0.480 e. The standard InChI is InChI=1S/C18H24N4O3/c1-20-13-19-15-10-14(2-3-16(15)20)11-21-5-7-22(8-6-21)18(17(23)24)4-9-25-12-18/h2-3,10,13H,4-9,11-12H2,1H3,(H,23,24). The summed E-state index contributed by atoms with van der Waals surface area (Å²) in [4.78, 5) is 20.7. The van der Waals surface area contributed by atoms with E-state index in [0.717, 1.165) is 43.8 Å². The van der Waals surface area contributed by atoms with Crippen molar-refractivity contribution in [1.29, 1.82) is 0 Å². The van der Waals surface area contributed by atoms with E-state index >= 15 is 0 Å². The van der Waals surface area contributed by atoms with Crippen molar-refractivity contribution in [1.82, 2.24) is 19.4 Å². The minimum Gasteiger partial charge on any atom is -0.480 e. The molecule has 2 aliphatic heterocycles. The summed E-state index contributed by atoms with van der Waals surface area (Å²) < 4.78 is 7.42. The van der Waals surface area contributed by atoms with E-state index in [4.69, 9.17) is 4.74 Å². The van der Waals surface area contributed by atoms with E-state index in [1.54, 1.807) is 0 Å². The number of imidazole rings is 1. The molecule has 7 heteroatoms. The van der Waals surface area contributed by atoms with Crippen LogP contribution < -0.4 is 0 Å². The molecule has 0 saturated carbocycles. The van der Waals surface area contributed by atoms with Gasteiger partial charge in [-0.3, -0.25) is 14.6 Å². The molecule has 0 bridgehead atoms. The van der Waals surface area contributed by atoms with Crippen LogP contribution in [-0.4, -0.2) is 75.4 Å². The van der Waals surface area contributed by atoms with Gasteiger partial charge in [-0.2, -0.15) is 0 Å². The van der Waals surface area contributed by atoms with E-state index in [1.807, 2.05) is 17.9 Å². The summed E-state index contributed by atoms with van der Waals surface area (Å²) in [7, 11) is 2.00. The molecule has 2 aliphatic rings. The third-order valence-corrected chi connectivity index (χ3v) is 5.57. The Balaban J connectivity index is 1.40. The second kappa shape index (κ2) is 6.40. The summed E-state index contributed by atoms with van der Waals surface area (Å²) in [6.45, 7) is 4.99. The first-order valence-corrected chi connectivity index (χ1v) is 8.77. The molecule has 2 aromatic rings. The van der Waals surface area contributed by atoms with Crippen molar-refractivity contribution in [3.8, 4) is 0 Å². The minimum absolute atomic E-state index is 0.304. The molecule has 0 spiro atoms. The van der Waals surface area contributed by atoms with Crippen LogP contribution in [0.25, 0.3) is 11.0 Å². The van der Waals surface area contributed by atoms with Gasteiger partial charge < -0.3 is 14.4 Å². The van der Waals surface area contributed by atoms with Crippen LogP contribution in [0.5, 0.6) is 0 Å². The summed E-state index contributed by atoms with van der Waals surface area (Å²) in [6.07, 6.45) is 2.42. The van der Waals surface area contributed by atoms with Crippen LogP contribution in [0.15, 0.2) is 24.5 Å². The number of carboxylic acids is 1. The van der Waals surface area contributed by atoms with Crippen molar-refractivity contribution in [2.75, 3.05) is 39.4 Å². The summed E-state index contributed by atoms with van der Waals surface area (Å²) >= 11 is 0. The summed E-state index contributed by atoms with van der Waals surface area (Å²) in [5, 5.41) is 9.68. The molecule has 1 aromatic heterocycles. The number of fused-ring (bicyclic) bond motifs is 1. The smallest absolute Gasteiger partial charge is 0.326 e. The van der Waals surface area contributed by atoms with Gasteiger partial charge in [0.05, 0.1) is 24.0 Å². The predicted octanol–water partition coefficient (Wildman–Crippen LogP) is 0.935. The molecule has 4 rings (SSSR count). The van der Waals surface area contributed by atoms with Crippen molar-refractivity contribution in [3.63, 3.8) is 0 Å². The lowest BCUT2D eigenvalue weighted by Gasteiger charge is -2.42. The average Bonchev–Trinajstić information content (AvgIpc) is 3.24. The number of nitrogens with zero attached hydrogens (tertiary/aromatic N) is 4. The number of rotatable bonds is 4. The zero-order valence-corrected chi connectivity index (χ0v) is 14.5. The number of piperazine rings is 1. The second-order valence-electron chi connectivity index (χ2n) is 7.08. The van der Waals surface area contributed by atoms with Crippen LogP contribution in [-0.2, 0) is 23.1 Å². The Bertz CT molecular complexity index is 774. The van der Waals surface area contributed by atoms with Gasteiger partial charge in [-0.05, 0) is 17.7 Å². The maximum atomic E-state index is 11.8. The van der Waals surface area contributed by atoms with Crippen molar-refractivity contribution in [2.45, 2.75) is 18.5 Å². The van der Waals surface area contributed by atoms with E-state index in [-0.39, 0.29) is 0 Å². The van der Waals surface area contributed by atoms with Crippen LogP contribution in [0.1, 0.15) is 12.0 Å². The number of carboxylic acid groups (broad SMARTS) is 1. The molecule has 1 unspecified atom stereocenters. The van der Waals surface area contributed by atoms with E-state index in [0.29, 0.717) is 19.6 Å². The fraction of sp³-hybridized carbons (Fsp3) is 0.556. The van der Waals surface area contributed by atoms with Crippen LogP contribution in [0, 0.1) is 0 Å². The molecule has 7 nitrogen and oxygen atoms in total. The number of carbonyl (C=O) groups is 1. The Kier molecular flexibility index (Phi) is 4.23. The highest BCUT2D eigenvalue weighted by molar-refractivity contribution is 5.79. The Morgan fingerprint density at radius 2 is 2.12 bits per heavy atom. The SMILES string of the molecule is Cn1cnc2cc(CN3CCN(C4(C(=O)O)CCOC4)CC3)ccc21. The van der Waals surface area contributed by atoms with Crippen LogP contribution in [0.3, 0.4) is 0 Å². The van der Waals surface area contributed by atoms with E-state index in [2.05, 4.69) is 33.0 Å². The topological polar surface area (TPSA) is 70.8 Å². The van der Waals surface area contributed by atoms with Crippen molar-refractivity contribution >= 4 is 17.0 Å². The van der Waals surface area contributed by atoms with E-state index in [9.17, 15) is 9.90 Å². The van der Waals surface area contributed by atoms with Gasteiger partial charge in [-0.15, -0.1) is 0 Å². The van der Waals surface area contributed by atoms with Gasteiger partial charge in [0.1, 0.15) is 5.54 Å². The zero-order chi connectivity index (χ0) is 17.4. The molecule has 0 radical (unpaired) electrons. The minimum atomic E-state index is -0.820. The molecule has 3 heterocycles. The molecule has 25 heavy (non-hydrogen) atoms. The fourth-order valence-electron chi connectivity index (χ4n) is 3.98. The first kappa shape index (κ1) is 16.5.